The zero-order chi connectivity index (χ0) is 20.3. The fourth-order valence-electron chi connectivity index (χ4n) is 2.99. The molecule has 0 N–H and O–H groups in total. The van der Waals surface area contributed by atoms with Crippen LogP contribution < -0.4 is 4.74 Å². The molecule has 1 heterocycles. The van der Waals surface area contributed by atoms with Gasteiger partial charge in [0, 0.05) is 44.7 Å². The van der Waals surface area contributed by atoms with E-state index in [2.05, 4.69) is 0 Å². The van der Waals surface area contributed by atoms with Gasteiger partial charge in [0.25, 0.3) is 11.8 Å². The van der Waals surface area contributed by atoms with Gasteiger partial charge in [-0.1, -0.05) is 6.07 Å². The fourth-order valence-corrected chi connectivity index (χ4v) is 2.99. The maximum Gasteiger partial charge on any atom is 0.308 e. The monoisotopic (exact) mass is 388 g/mol. The summed E-state index contributed by atoms with van der Waals surface area (Å²) in [6.45, 7) is 2.26. The van der Waals surface area contributed by atoms with Gasteiger partial charge in [0.1, 0.15) is 17.4 Å². The van der Waals surface area contributed by atoms with Crippen molar-refractivity contribution in [1.82, 2.24) is 9.80 Å². The van der Waals surface area contributed by atoms with E-state index in [0.717, 1.165) is 12.1 Å². The summed E-state index contributed by atoms with van der Waals surface area (Å²) in [6, 6.07) is 9.10. The Balaban J connectivity index is 1.64. The minimum Gasteiger partial charge on any atom is -0.427 e. The second kappa shape index (κ2) is 8.16. The number of nitrogens with zero attached hydrogens (tertiary/aromatic N) is 2. The van der Waals surface area contributed by atoms with Crippen molar-refractivity contribution in [2.45, 2.75) is 6.92 Å². The Morgan fingerprint density at radius 1 is 0.893 bits per heavy atom. The second-order valence-electron chi connectivity index (χ2n) is 6.33. The number of esters is 1. The molecule has 0 radical (unpaired) electrons. The van der Waals surface area contributed by atoms with E-state index in [1.54, 1.807) is 23.1 Å². The standard InChI is InChI=1S/C20H18F2N2O4/c1-13(25)28-16-4-2-3-14(11-16)19(26)23-7-9-24(10-8-23)20(27)17-6-5-15(21)12-18(17)22/h2-6,11-12H,7-10H2,1H3. The molecule has 3 rings (SSSR count). The van der Waals surface area contributed by atoms with Crippen LogP contribution in [0.3, 0.4) is 0 Å². The molecule has 28 heavy (non-hydrogen) atoms. The summed E-state index contributed by atoms with van der Waals surface area (Å²) in [7, 11) is 0. The molecule has 146 valence electrons. The number of hydrogen-bond acceptors (Lipinski definition) is 4. The molecule has 2 amide bonds. The summed E-state index contributed by atoms with van der Waals surface area (Å²) in [5.74, 6) is -2.66. The third-order valence-corrected chi connectivity index (χ3v) is 4.36. The lowest BCUT2D eigenvalue weighted by molar-refractivity contribution is -0.131. The highest BCUT2D eigenvalue weighted by atomic mass is 19.1. The van der Waals surface area contributed by atoms with Crippen LogP contribution in [0, 0.1) is 11.6 Å². The predicted octanol–water partition coefficient (Wildman–Crippen LogP) is 2.49. The van der Waals surface area contributed by atoms with E-state index in [4.69, 9.17) is 4.74 Å². The van der Waals surface area contributed by atoms with Crippen molar-refractivity contribution in [3.8, 4) is 5.75 Å². The fraction of sp³-hybridized carbons (Fsp3) is 0.250. The maximum absolute atomic E-state index is 13.8. The largest absolute Gasteiger partial charge is 0.427 e. The third-order valence-electron chi connectivity index (χ3n) is 4.36. The van der Waals surface area contributed by atoms with Gasteiger partial charge < -0.3 is 14.5 Å². The highest BCUT2D eigenvalue weighted by Gasteiger charge is 2.27. The number of amides is 2. The molecule has 1 saturated heterocycles. The molecule has 8 heteroatoms. The van der Waals surface area contributed by atoms with E-state index < -0.39 is 23.5 Å². The Hall–Kier alpha value is -3.29. The van der Waals surface area contributed by atoms with Crippen LogP contribution in [0.4, 0.5) is 8.78 Å². The smallest absolute Gasteiger partial charge is 0.308 e. The third kappa shape index (κ3) is 4.33. The van der Waals surface area contributed by atoms with Crippen LogP contribution in [0.25, 0.3) is 0 Å². The molecule has 1 fully saturated rings. The average molecular weight is 388 g/mol. The first-order chi connectivity index (χ1) is 13.3. The molecule has 2 aromatic rings. The molecular formula is C20H18F2N2O4. The van der Waals surface area contributed by atoms with Crippen molar-refractivity contribution in [1.29, 1.82) is 0 Å². The minimum atomic E-state index is -0.911. The average Bonchev–Trinajstić information content (AvgIpc) is 2.67. The van der Waals surface area contributed by atoms with Gasteiger partial charge in [-0.3, -0.25) is 14.4 Å². The van der Waals surface area contributed by atoms with Crippen LogP contribution in [0.1, 0.15) is 27.6 Å². The number of piperazine rings is 1. The van der Waals surface area contributed by atoms with Gasteiger partial charge in [-0.25, -0.2) is 8.78 Å². The first-order valence-electron chi connectivity index (χ1n) is 8.67. The summed E-state index contributed by atoms with van der Waals surface area (Å²) in [5.41, 5.74) is 0.165. The Labute approximate surface area is 160 Å². The summed E-state index contributed by atoms with van der Waals surface area (Å²) in [5, 5.41) is 0. The Bertz CT molecular complexity index is 924. The van der Waals surface area contributed by atoms with Gasteiger partial charge in [-0.2, -0.15) is 0 Å². The van der Waals surface area contributed by atoms with Crippen molar-refractivity contribution >= 4 is 17.8 Å². The molecule has 0 atom stereocenters. The number of carbonyl (C=O) groups is 3. The van der Waals surface area contributed by atoms with E-state index >= 15 is 0 Å². The highest BCUT2D eigenvalue weighted by molar-refractivity contribution is 5.96. The zero-order valence-electron chi connectivity index (χ0n) is 15.2. The number of rotatable bonds is 3. The molecule has 6 nitrogen and oxygen atoms in total. The van der Waals surface area contributed by atoms with Crippen molar-refractivity contribution in [3.63, 3.8) is 0 Å². The van der Waals surface area contributed by atoms with Crippen molar-refractivity contribution < 1.29 is 27.9 Å². The van der Waals surface area contributed by atoms with Crippen LogP contribution in [-0.4, -0.2) is 53.8 Å². The first-order valence-corrected chi connectivity index (χ1v) is 8.67. The van der Waals surface area contributed by atoms with Crippen LogP contribution in [0.2, 0.25) is 0 Å². The van der Waals surface area contributed by atoms with Crippen molar-refractivity contribution in [2.75, 3.05) is 26.2 Å². The predicted molar refractivity (Wildman–Crippen MR) is 95.9 cm³/mol. The highest BCUT2D eigenvalue weighted by Crippen LogP contribution is 2.18. The van der Waals surface area contributed by atoms with Gasteiger partial charge in [-0.05, 0) is 30.3 Å². The summed E-state index contributed by atoms with van der Waals surface area (Å²) >= 11 is 0. The molecule has 0 aromatic heterocycles. The zero-order valence-corrected chi connectivity index (χ0v) is 15.2. The normalized spacial score (nSPS) is 14.0. The molecule has 0 aliphatic carbocycles. The van der Waals surface area contributed by atoms with Crippen LogP contribution in [0.5, 0.6) is 5.75 Å². The molecule has 0 unspecified atom stereocenters. The van der Waals surface area contributed by atoms with Gasteiger partial charge in [0.2, 0.25) is 0 Å². The first kappa shape index (κ1) is 19.5. The van der Waals surface area contributed by atoms with E-state index in [0.29, 0.717) is 11.6 Å². The lowest BCUT2D eigenvalue weighted by Gasteiger charge is -2.35. The number of halogens is 2. The topological polar surface area (TPSA) is 66.9 Å². The van der Waals surface area contributed by atoms with E-state index in [1.165, 1.54) is 17.9 Å². The molecule has 1 aliphatic rings. The second-order valence-corrected chi connectivity index (χ2v) is 6.33. The minimum absolute atomic E-state index is 0.199. The van der Waals surface area contributed by atoms with Crippen LogP contribution in [-0.2, 0) is 4.79 Å². The van der Waals surface area contributed by atoms with Crippen LogP contribution in [0.15, 0.2) is 42.5 Å². The maximum atomic E-state index is 13.8. The lowest BCUT2D eigenvalue weighted by Crippen LogP contribution is -2.50. The quantitative estimate of drug-likeness (QED) is 0.599. The summed E-state index contributed by atoms with van der Waals surface area (Å²) < 4.78 is 31.8. The lowest BCUT2D eigenvalue weighted by atomic mass is 10.1. The molecular weight excluding hydrogens is 370 g/mol. The Morgan fingerprint density at radius 3 is 2.14 bits per heavy atom. The molecule has 1 aliphatic heterocycles. The molecule has 0 bridgehead atoms. The molecule has 0 spiro atoms. The van der Waals surface area contributed by atoms with Gasteiger partial charge in [-0.15, -0.1) is 0 Å². The summed E-state index contributed by atoms with van der Waals surface area (Å²) in [6.07, 6.45) is 0. The van der Waals surface area contributed by atoms with Crippen LogP contribution >= 0.6 is 0 Å². The number of ether oxygens (including phenoxy) is 1. The van der Waals surface area contributed by atoms with Gasteiger partial charge in [0.15, 0.2) is 0 Å². The van der Waals surface area contributed by atoms with E-state index in [9.17, 15) is 23.2 Å². The Morgan fingerprint density at radius 2 is 1.54 bits per heavy atom. The van der Waals surface area contributed by atoms with E-state index in [-0.39, 0.29) is 43.4 Å². The van der Waals surface area contributed by atoms with Crippen molar-refractivity contribution in [3.05, 3.63) is 65.2 Å². The number of carbonyl (C=O) groups excluding carboxylic acids is 3. The SMILES string of the molecule is CC(=O)Oc1cccc(C(=O)N2CCN(C(=O)c3ccc(F)cc3F)CC2)c1. The van der Waals surface area contributed by atoms with E-state index in [1.807, 2.05) is 0 Å². The molecule has 2 aromatic carbocycles. The number of hydrogen-bond donors (Lipinski definition) is 0. The van der Waals surface area contributed by atoms with Crippen molar-refractivity contribution in [2.24, 2.45) is 0 Å². The Kier molecular flexibility index (Phi) is 5.67. The summed E-state index contributed by atoms with van der Waals surface area (Å²) in [4.78, 5) is 39.1. The van der Waals surface area contributed by atoms with Gasteiger partial charge in [0.05, 0.1) is 5.56 Å². The van der Waals surface area contributed by atoms with Gasteiger partial charge >= 0.3 is 5.97 Å². The number of benzene rings is 2. The molecule has 0 saturated carbocycles.